The van der Waals surface area contributed by atoms with E-state index in [1.807, 2.05) is 0 Å². The van der Waals surface area contributed by atoms with Crippen molar-refractivity contribution in [3.63, 3.8) is 0 Å². The lowest BCUT2D eigenvalue weighted by atomic mass is 9.90. The molecular weight excluding hydrogens is 681 g/mol. The van der Waals surface area contributed by atoms with E-state index in [2.05, 4.69) is 216 Å². The van der Waals surface area contributed by atoms with Gasteiger partial charge in [0.05, 0.1) is 28.5 Å². The molecule has 4 heteroatoms. The van der Waals surface area contributed by atoms with Crippen LogP contribution in [0.5, 0.6) is 0 Å². The summed E-state index contributed by atoms with van der Waals surface area (Å²) in [5.74, 6) is 1.09. The molecule has 0 bridgehead atoms. The van der Waals surface area contributed by atoms with Gasteiger partial charge in [-0.3, -0.25) is 0 Å². The van der Waals surface area contributed by atoms with E-state index in [1.54, 1.807) is 0 Å². The minimum atomic E-state index is -0.0826. The van der Waals surface area contributed by atoms with E-state index in [4.69, 9.17) is 15.0 Å². The van der Waals surface area contributed by atoms with Crippen LogP contribution < -0.4 is 0 Å². The predicted octanol–water partition coefficient (Wildman–Crippen LogP) is 13.0. The highest BCUT2D eigenvalue weighted by atomic mass is 15.2. The second-order valence-corrected chi connectivity index (χ2v) is 15.8. The van der Waals surface area contributed by atoms with Crippen molar-refractivity contribution < 1.29 is 0 Å². The van der Waals surface area contributed by atoms with Crippen molar-refractivity contribution in [2.45, 2.75) is 52.0 Å². The predicted molar refractivity (Wildman–Crippen MR) is 237 cm³/mol. The van der Waals surface area contributed by atoms with Crippen molar-refractivity contribution in [1.29, 1.82) is 0 Å². The lowest BCUT2D eigenvalue weighted by Gasteiger charge is -2.33. The second-order valence-electron chi connectivity index (χ2n) is 15.8. The molecule has 2 atom stereocenters. The highest BCUT2D eigenvalue weighted by Gasteiger charge is 2.26. The van der Waals surface area contributed by atoms with Gasteiger partial charge in [-0.25, -0.2) is 15.0 Å². The Morgan fingerprint density at radius 3 is 2.00 bits per heavy atom. The Morgan fingerprint density at radius 1 is 0.696 bits per heavy atom. The van der Waals surface area contributed by atoms with Gasteiger partial charge in [0, 0.05) is 40.1 Å². The second kappa shape index (κ2) is 15.4. The molecule has 276 valence electrons. The molecule has 7 aromatic rings. The monoisotopic (exact) mass is 728 g/mol. The topological polar surface area (TPSA) is 41.4 Å². The molecule has 0 saturated carbocycles. The van der Waals surface area contributed by atoms with Crippen molar-refractivity contribution in [2.75, 3.05) is 7.05 Å². The third-order valence-corrected chi connectivity index (χ3v) is 10.8. The SMILES string of the molecule is C/C=C\C(=C/C(C)c1ccc(C2=NC(c3ccccc3)=CC(c3ccccc3)N2C)cc1)c1cc(-c2ccccc2)nc2c1ccc1ccc(C(C)(C)C)nc12. The van der Waals surface area contributed by atoms with Crippen LogP contribution in [0.4, 0.5) is 0 Å². The molecule has 4 nitrogen and oxygen atoms in total. The number of likely N-dealkylation sites (N-methyl/N-ethyl adjacent to an activating group) is 1. The van der Waals surface area contributed by atoms with E-state index in [1.165, 1.54) is 11.1 Å². The first kappa shape index (κ1) is 36.6. The summed E-state index contributed by atoms with van der Waals surface area (Å²) >= 11 is 0. The highest BCUT2D eigenvalue weighted by molar-refractivity contribution is 6.08. The summed E-state index contributed by atoms with van der Waals surface area (Å²) in [5, 5.41) is 2.19. The molecule has 2 aromatic heterocycles. The number of aliphatic imine (C=N–C) groups is 1. The van der Waals surface area contributed by atoms with E-state index < -0.39 is 0 Å². The van der Waals surface area contributed by atoms with Crippen molar-refractivity contribution >= 4 is 38.9 Å². The van der Waals surface area contributed by atoms with Crippen molar-refractivity contribution in [2.24, 2.45) is 4.99 Å². The van der Waals surface area contributed by atoms with Gasteiger partial charge in [-0.2, -0.15) is 0 Å². The fourth-order valence-corrected chi connectivity index (χ4v) is 7.63. The number of benzene rings is 5. The molecular formula is C52H48N4. The largest absolute Gasteiger partial charge is 0.349 e. The Morgan fingerprint density at radius 2 is 1.34 bits per heavy atom. The average molecular weight is 729 g/mol. The summed E-state index contributed by atoms with van der Waals surface area (Å²) < 4.78 is 0. The van der Waals surface area contributed by atoms with Crippen LogP contribution in [0.1, 0.15) is 80.1 Å². The van der Waals surface area contributed by atoms with Gasteiger partial charge in [0.25, 0.3) is 0 Å². The fourth-order valence-electron chi connectivity index (χ4n) is 7.63. The zero-order chi connectivity index (χ0) is 38.8. The molecule has 0 fully saturated rings. The maximum absolute atomic E-state index is 5.31. The van der Waals surface area contributed by atoms with Crippen molar-refractivity contribution in [3.8, 4) is 11.3 Å². The average Bonchev–Trinajstić information content (AvgIpc) is 3.23. The van der Waals surface area contributed by atoms with Gasteiger partial charge in [0.1, 0.15) is 5.84 Å². The van der Waals surface area contributed by atoms with Gasteiger partial charge in [0.15, 0.2) is 0 Å². The molecule has 0 aliphatic carbocycles. The first-order valence-corrected chi connectivity index (χ1v) is 19.6. The molecule has 0 amide bonds. The molecule has 0 saturated heterocycles. The quantitative estimate of drug-likeness (QED) is 0.116. The number of rotatable bonds is 8. The summed E-state index contributed by atoms with van der Waals surface area (Å²) in [5.41, 5.74) is 12.8. The molecule has 0 N–H and O–H groups in total. The Balaban J connectivity index is 1.20. The first-order valence-electron chi connectivity index (χ1n) is 19.6. The molecule has 0 spiro atoms. The Bertz CT molecular complexity index is 2630. The van der Waals surface area contributed by atoms with Crippen molar-refractivity contribution in [1.82, 2.24) is 14.9 Å². The summed E-state index contributed by atoms with van der Waals surface area (Å²) in [7, 11) is 2.14. The Kier molecular flexibility index (Phi) is 10.1. The number of hydrogen-bond donors (Lipinski definition) is 0. The van der Waals surface area contributed by atoms with Crippen LogP contribution in [0.2, 0.25) is 0 Å². The minimum Gasteiger partial charge on any atom is -0.349 e. The van der Waals surface area contributed by atoms with Gasteiger partial charge in [-0.15, -0.1) is 0 Å². The molecule has 5 aromatic carbocycles. The number of aromatic nitrogens is 2. The molecule has 2 unspecified atom stereocenters. The number of allylic oxidation sites excluding steroid dienone is 4. The number of hydrogen-bond acceptors (Lipinski definition) is 4. The van der Waals surface area contributed by atoms with Gasteiger partial charge in [-0.05, 0) is 58.9 Å². The summed E-state index contributed by atoms with van der Waals surface area (Å²) in [6.45, 7) is 11.0. The van der Waals surface area contributed by atoms with Crippen molar-refractivity contribution in [3.05, 3.63) is 203 Å². The number of fused-ring (bicyclic) bond motifs is 3. The van der Waals surface area contributed by atoms with Crippen LogP contribution in [0.15, 0.2) is 175 Å². The normalized spacial score (nSPS) is 15.6. The van der Waals surface area contributed by atoms with Crippen LogP contribution in [0, 0.1) is 0 Å². The third kappa shape index (κ3) is 7.35. The standard InChI is InChI=1S/C52H48N4/c1-7-17-42(44-33-45(37-18-11-8-12-19-37)53-50-43(44)30-28-40-29-31-48(52(3,4)5)55-49(40)50)32-35(2)36-24-26-41(27-25-36)51-54-46(38-20-13-9-14-21-38)34-47(56(51)6)39-22-15-10-16-23-39/h7-35,47H,1-6H3/b17-7-,42-32+. The summed E-state index contributed by atoms with van der Waals surface area (Å²) in [4.78, 5) is 18.1. The van der Waals surface area contributed by atoms with E-state index in [9.17, 15) is 0 Å². The lowest BCUT2D eigenvalue weighted by Crippen LogP contribution is -2.33. The smallest absolute Gasteiger partial charge is 0.137 e. The maximum Gasteiger partial charge on any atom is 0.137 e. The molecule has 0 radical (unpaired) electrons. The summed E-state index contributed by atoms with van der Waals surface area (Å²) in [6, 6.07) is 51.6. The zero-order valence-electron chi connectivity index (χ0n) is 33.1. The van der Waals surface area contributed by atoms with Gasteiger partial charge in [0.2, 0.25) is 0 Å². The molecule has 1 aliphatic heterocycles. The fraction of sp³-hybridized carbons (Fsp3) is 0.173. The Hall–Kier alpha value is -6.39. The third-order valence-electron chi connectivity index (χ3n) is 10.8. The van der Waals surface area contributed by atoms with E-state index in [0.717, 1.165) is 72.6 Å². The number of amidine groups is 1. The number of nitrogens with zero attached hydrogens (tertiary/aromatic N) is 4. The molecule has 56 heavy (non-hydrogen) atoms. The van der Waals surface area contributed by atoms with Gasteiger partial charge >= 0.3 is 0 Å². The summed E-state index contributed by atoms with van der Waals surface area (Å²) in [6.07, 6.45) is 9.01. The van der Waals surface area contributed by atoms with E-state index in [-0.39, 0.29) is 17.4 Å². The van der Waals surface area contributed by atoms with E-state index >= 15 is 0 Å². The van der Waals surface area contributed by atoms with Crippen LogP contribution in [-0.2, 0) is 5.41 Å². The van der Waals surface area contributed by atoms with Crippen LogP contribution in [0.3, 0.4) is 0 Å². The first-order chi connectivity index (χ1) is 27.2. The molecule has 3 heterocycles. The van der Waals surface area contributed by atoms with Crippen LogP contribution in [0.25, 0.3) is 44.3 Å². The zero-order valence-corrected chi connectivity index (χ0v) is 33.1. The van der Waals surface area contributed by atoms with Gasteiger partial charge in [-0.1, -0.05) is 179 Å². The van der Waals surface area contributed by atoms with Crippen LogP contribution >= 0.6 is 0 Å². The maximum atomic E-state index is 5.31. The molecule has 8 rings (SSSR count). The van der Waals surface area contributed by atoms with Gasteiger partial charge < -0.3 is 4.90 Å². The van der Waals surface area contributed by atoms with E-state index in [0.29, 0.717) is 0 Å². The van der Waals surface area contributed by atoms with Crippen LogP contribution in [-0.4, -0.2) is 27.8 Å². The minimum absolute atomic E-state index is 0.0622. The lowest BCUT2D eigenvalue weighted by molar-refractivity contribution is 0.435. The molecule has 1 aliphatic rings. The Labute approximate surface area is 331 Å². The highest BCUT2D eigenvalue weighted by Crippen LogP contribution is 2.37. The number of pyridine rings is 2.